The lowest BCUT2D eigenvalue weighted by Gasteiger charge is -2.30. The minimum absolute atomic E-state index is 0.615. The standard InChI is InChI=1S/C14H22BrN3/c1-3-18(10-12-6-4-5-7-16-12)14-8-11(2)13(15)9-17-14/h8-9,12,16H,3-7,10H2,1-2H3. The third-order valence-electron chi connectivity index (χ3n) is 3.59. The lowest BCUT2D eigenvalue weighted by Crippen LogP contribution is -2.44. The van der Waals surface area contributed by atoms with E-state index in [1.54, 1.807) is 0 Å². The smallest absolute Gasteiger partial charge is 0.128 e. The maximum absolute atomic E-state index is 4.53. The van der Waals surface area contributed by atoms with Gasteiger partial charge in [-0.05, 0) is 60.8 Å². The molecule has 2 heterocycles. The maximum atomic E-state index is 4.53. The lowest BCUT2D eigenvalue weighted by atomic mass is 10.0. The van der Waals surface area contributed by atoms with E-state index in [1.165, 1.54) is 24.8 Å². The first-order valence-corrected chi connectivity index (χ1v) is 7.60. The topological polar surface area (TPSA) is 28.2 Å². The highest BCUT2D eigenvalue weighted by atomic mass is 79.9. The summed E-state index contributed by atoms with van der Waals surface area (Å²) < 4.78 is 1.08. The molecule has 18 heavy (non-hydrogen) atoms. The van der Waals surface area contributed by atoms with E-state index in [4.69, 9.17) is 0 Å². The van der Waals surface area contributed by atoms with Gasteiger partial charge in [-0.25, -0.2) is 4.98 Å². The fourth-order valence-electron chi connectivity index (χ4n) is 2.43. The molecule has 0 amide bonds. The van der Waals surface area contributed by atoms with E-state index in [1.807, 2.05) is 6.20 Å². The Kier molecular flexibility index (Phi) is 5.01. The molecule has 1 aliphatic heterocycles. The fourth-order valence-corrected chi connectivity index (χ4v) is 2.64. The predicted molar refractivity (Wildman–Crippen MR) is 80.2 cm³/mol. The van der Waals surface area contributed by atoms with Crippen molar-refractivity contribution >= 4 is 21.7 Å². The summed E-state index contributed by atoms with van der Waals surface area (Å²) in [6, 6.07) is 2.78. The number of rotatable bonds is 4. The van der Waals surface area contributed by atoms with Crippen LogP contribution >= 0.6 is 15.9 Å². The molecule has 1 saturated heterocycles. The van der Waals surface area contributed by atoms with E-state index in [-0.39, 0.29) is 0 Å². The molecule has 100 valence electrons. The zero-order valence-corrected chi connectivity index (χ0v) is 12.8. The number of halogens is 1. The Morgan fingerprint density at radius 1 is 1.50 bits per heavy atom. The summed E-state index contributed by atoms with van der Waals surface area (Å²) in [6.45, 7) is 7.54. The van der Waals surface area contributed by atoms with Gasteiger partial charge < -0.3 is 10.2 Å². The molecule has 0 aromatic carbocycles. The van der Waals surface area contributed by atoms with Crippen LogP contribution < -0.4 is 10.2 Å². The Morgan fingerprint density at radius 2 is 2.33 bits per heavy atom. The third-order valence-corrected chi connectivity index (χ3v) is 4.42. The Balaban J connectivity index is 2.04. The maximum Gasteiger partial charge on any atom is 0.128 e. The van der Waals surface area contributed by atoms with Crippen LogP contribution in [0.5, 0.6) is 0 Å². The van der Waals surface area contributed by atoms with Gasteiger partial charge in [0, 0.05) is 29.8 Å². The molecule has 2 rings (SSSR count). The average Bonchev–Trinajstić information content (AvgIpc) is 2.40. The summed E-state index contributed by atoms with van der Waals surface area (Å²) in [4.78, 5) is 6.89. The van der Waals surface area contributed by atoms with Gasteiger partial charge in [0.2, 0.25) is 0 Å². The SMILES string of the molecule is CCN(CC1CCCCN1)c1cc(C)c(Br)cn1. The number of nitrogens with one attached hydrogen (secondary N) is 1. The summed E-state index contributed by atoms with van der Waals surface area (Å²) in [5.41, 5.74) is 1.25. The molecule has 1 aromatic heterocycles. The van der Waals surface area contributed by atoms with E-state index < -0.39 is 0 Å². The average molecular weight is 312 g/mol. The van der Waals surface area contributed by atoms with Crippen LogP contribution in [0, 0.1) is 6.92 Å². The second kappa shape index (κ2) is 6.53. The summed E-state index contributed by atoms with van der Waals surface area (Å²) in [5.74, 6) is 1.09. The molecular formula is C14H22BrN3. The molecule has 3 nitrogen and oxygen atoms in total. The molecule has 0 aliphatic carbocycles. The fraction of sp³-hybridized carbons (Fsp3) is 0.643. The Labute approximate surface area is 118 Å². The van der Waals surface area contributed by atoms with Crippen molar-refractivity contribution in [2.24, 2.45) is 0 Å². The van der Waals surface area contributed by atoms with E-state index in [0.29, 0.717) is 6.04 Å². The number of pyridine rings is 1. The molecule has 1 fully saturated rings. The predicted octanol–water partition coefficient (Wildman–Crippen LogP) is 3.12. The number of likely N-dealkylation sites (N-methyl/N-ethyl adjacent to an activating group) is 1. The number of aryl methyl sites for hydroxylation is 1. The highest BCUT2D eigenvalue weighted by Crippen LogP contribution is 2.20. The van der Waals surface area contributed by atoms with Gasteiger partial charge in [-0.3, -0.25) is 0 Å². The van der Waals surface area contributed by atoms with E-state index in [9.17, 15) is 0 Å². The Hall–Kier alpha value is -0.610. The number of hydrogen-bond acceptors (Lipinski definition) is 3. The van der Waals surface area contributed by atoms with Gasteiger partial charge in [0.1, 0.15) is 5.82 Å². The minimum Gasteiger partial charge on any atom is -0.355 e. The molecule has 1 aliphatic rings. The van der Waals surface area contributed by atoms with Crippen LogP contribution in [0.25, 0.3) is 0 Å². The van der Waals surface area contributed by atoms with Crippen LogP contribution in [0.15, 0.2) is 16.7 Å². The second-order valence-corrected chi connectivity index (χ2v) is 5.83. The van der Waals surface area contributed by atoms with Gasteiger partial charge >= 0.3 is 0 Å². The van der Waals surface area contributed by atoms with Crippen molar-refractivity contribution < 1.29 is 0 Å². The first kappa shape index (κ1) is 13.8. The largest absolute Gasteiger partial charge is 0.355 e. The van der Waals surface area contributed by atoms with Crippen molar-refractivity contribution in [2.75, 3.05) is 24.5 Å². The van der Waals surface area contributed by atoms with Gasteiger partial charge in [0.05, 0.1) is 0 Å². The molecule has 1 N–H and O–H groups in total. The van der Waals surface area contributed by atoms with Crippen LogP contribution in [-0.4, -0.2) is 30.7 Å². The van der Waals surface area contributed by atoms with Crippen LogP contribution in [0.2, 0.25) is 0 Å². The van der Waals surface area contributed by atoms with E-state index in [0.717, 1.165) is 29.9 Å². The van der Waals surface area contributed by atoms with Crippen molar-refractivity contribution in [2.45, 2.75) is 39.2 Å². The zero-order valence-electron chi connectivity index (χ0n) is 11.2. The minimum atomic E-state index is 0.615. The zero-order chi connectivity index (χ0) is 13.0. The lowest BCUT2D eigenvalue weighted by molar-refractivity contribution is 0.399. The number of anilines is 1. The highest BCUT2D eigenvalue weighted by molar-refractivity contribution is 9.10. The van der Waals surface area contributed by atoms with E-state index in [2.05, 4.69) is 51.0 Å². The molecule has 0 spiro atoms. The van der Waals surface area contributed by atoms with Gasteiger partial charge in [0.25, 0.3) is 0 Å². The Bertz CT molecular complexity index is 389. The van der Waals surface area contributed by atoms with Crippen molar-refractivity contribution in [3.63, 3.8) is 0 Å². The molecule has 0 radical (unpaired) electrons. The molecule has 0 saturated carbocycles. The summed E-state index contributed by atoms with van der Waals surface area (Å²) in [6.07, 6.45) is 5.86. The highest BCUT2D eigenvalue weighted by Gasteiger charge is 2.17. The monoisotopic (exact) mass is 311 g/mol. The van der Waals surface area contributed by atoms with Crippen molar-refractivity contribution in [1.29, 1.82) is 0 Å². The molecule has 1 aromatic rings. The number of hydrogen-bond donors (Lipinski definition) is 1. The number of aromatic nitrogens is 1. The summed E-state index contributed by atoms with van der Waals surface area (Å²) in [5, 5.41) is 3.60. The van der Waals surface area contributed by atoms with Crippen LogP contribution in [0.3, 0.4) is 0 Å². The van der Waals surface area contributed by atoms with Gasteiger partial charge in [0.15, 0.2) is 0 Å². The molecule has 0 bridgehead atoms. The van der Waals surface area contributed by atoms with E-state index >= 15 is 0 Å². The van der Waals surface area contributed by atoms with Crippen molar-refractivity contribution in [3.8, 4) is 0 Å². The third kappa shape index (κ3) is 3.45. The van der Waals surface area contributed by atoms with Crippen molar-refractivity contribution in [3.05, 3.63) is 22.3 Å². The van der Waals surface area contributed by atoms with Crippen LogP contribution in [-0.2, 0) is 0 Å². The van der Waals surface area contributed by atoms with Gasteiger partial charge in [-0.2, -0.15) is 0 Å². The number of nitrogens with zero attached hydrogens (tertiary/aromatic N) is 2. The Morgan fingerprint density at radius 3 is 2.94 bits per heavy atom. The molecule has 4 heteroatoms. The van der Waals surface area contributed by atoms with Crippen LogP contribution in [0.1, 0.15) is 31.7 Å². The second-order valence-electron chi connectivity index (χ2n) is 4.98. The van der Waals surface area contributed by atoms with Crippen molar-refractivity contribution in [1.82, 2.24) is 10.3 Å². The molecular weight excluding hydrogens is 290 g/mol. The molecule has 1 unspecified atom stereocenters. The molecule has 1 atom stereocenters. The van der Waals surface area contributed by atoms with Gasteiger partial charge in [-0.1, -0.05) is 6.42 Å². The van der Waals surface area contributed by atoms with Crippen LogP contribution in [0.4, 0.5) is 5.82 Å². The first-order chi connectivity index (χ1) is 8.70. The summed E-state index contributed by atoms with van der Waals surface area (Å²) in [7, 11) is 0. The van der Waals surface area contributed by atoms with Gasteiger partial charge in [-0.15, -0.1) is 0 Å². The normalized spacial score (nSPS) is 19.8. The summed E-state index contributed by atoms with van der Waals surface area (Å²) >= 11 is 3.51. The quantitative estimate of drug-likeness (QED) is 0.926. The number of piperidine rings is 1. The first-order valence-electron chi connectivity index (χ1n) is 6.81.